The molecule has 10 heteroatoms. The quantitative estimate of drug-likeness (QED) is 0.221. The molecule has 0 fully saturated rings. The predicted octanol–water partition coefficient (Wildman–Crippen LogP) is 5.55. The van der Waals surface area contributed by atoms with Crippen molar-refractivity contribution in [1.82, 2.24) is 10.2 Å². The average Bonchev–Trinajstić information content (AvgIpc) is 3.03. The zero-order valence-electron chi connectivity index (χ0n) is 25.2. The van der Waals surface area contributed by atoms with Crippen LogP contribution in [0.3, 0.4) is 0 Å². The van der Waals surface area contributed by atoms with Crippen LogP contribution in [0.4, 0.5) is 5.69 Å². The third-order valence-corrected chi connectivity index (χ3v) is 9.58. The normalized spacial score (nSPS) is 11.8. The fourth-order valence-corrected chi connectivity index (χ4v) is 6.55. The molecule has 2 amide bonds. The Balaban J connectivity index is 1.82. The Hall–Kier alpha value is -4.34. The lowest BCUT2D eigenvalue weighted by molar-refractivity contribution is -0.139. The topological polar surface area (TPSA) is 96.0 Å². The highest BCUT2D eigenvalue weighted by Gasteiger charge is 2.35. The molecule has 230 valence electrons. The van der Waals surface area contributed by atoms with Crippen LogP contribution in [0.25, 0.3) is 0 Å². The monoisotopic (exact) mass is 633 g/mol. The van der Waals surface area contributed by atoms with Gasteiger partial charge in [-0.3, -0.25) is 13.9 Å². The van der Waals surface area contributed by atoms with Crippen LogP contribution >= 0.6 is 11.6 Å². The van der Waals surface area contributed by atoms with Gasteiger partial charge in [-0.05, 0) is 66.9 Å². The molecule has 0 aliphatic heterocycles. The molecule has 0 aliphatic carbocycles. The van der Waals surface area contributed by atoms with Gasteiger partial charge in [0.05, 0.1) is 17.7 Å². The van der Waals surface area contributed by atoms with Crippen LogP contribution in [0.2, 0.25) is 5.02 Å². The molecular weight excluding hydrogens is 598 g/mol. The predicted molar refractivity (Wildman–Crippen MR) is 173 cm³/mol. The third kappa shape index (κ3) is 7.59. The summed E-state index contributed by atoms with van der Waals surface area (Å²) in [5.74, 6) is -0.350. The molecule has 1 N–H and O–H groups in total. The second-order valence-corrected chi connectivity index (χ2v) is 12.7. The largest absolute Gasteiger partial charge is 0.497 e. The molecule has 1 unspecified atom stereocenters. The molecule has 0 heterocycles. The molecule has 0 radical (unpaired) electrons. The van der Waals surface area contributed by atoms with Crippen LogP contribution in [-0.2, 0) is 32.6 Å². The van der Waals surface area contributed by atoms with Crippen molar-refractivity contribution in [1.29, 1.82) is 0 Å². The SMILES string of the molecule is CNC(=O)C(Cc1ccccc1)N(Cc1cccc(OC)c1)C(=O)CN(c1cccc(Cl)c1C)S(=O)(=O)c1ccc(C)cc1. The number of aryl methyl sites for hydroxylation is 1. The first-order valence-electron chi connectivity index (χ1n) is 14.1. The minimum absolute atomic E-state index is 0.0294. The van der Waals surface area contributed by atoms with E-state index in [0.29, 0.717) is 21.9 Å². The lowest BCUT2D eigenvalue weighted by Gasteiger charge is -2.34. The van der Waals surface area contributed by atoms with E-state index < -0.39 is 28.5 Å². The van der Waals surface area contributed by atoms with Gasteiger partial charge < -0.3 is 15.0 Å². The Bertz CT molecular complexity index is 1710. The standard InChI is InChI=1S/C34H36ClN3O5S/c1-24-16-18-29(19-17-24)44(41,42)38(31-15-9-14-30(35)25(31)2)23-33(39)37(22-27-12-8-13-28(20-27)43-4)32(34(40)36-3)21-26-10-6-5-7-11-26/h5-20,32H,21-23H2,1-4H3,(H,36,40). The Labute approximate surface area is 264 Å². The van der Waals surface area contributed by atoms with E-state index in [1.807, 2.05) is 43.3 Å². The summed E-state index contributed by atoms with van der Waals surface area (Å²) < 4.78 is 34.8. The maximum Gasteiger partial charge on any atom is 0.264 e. The van der Waals surface area contributed by atoms with Gasteiger partial charge in [0, 0.05) is 25.0 Å². The zero-order chi connectivity index (χ0) is 31.9. The van der Waals surface area contributed by atoms with Gasteiger partial charge in [-0.2, -0.15) is 0 Å². The zero-order valence-corrected chi connectivity index (χ0v) is 26.7. The fraction of sp³-hybridized carbons (Fsp3) is 0.235. The lowest BCUT2D eigenvalue weighted by atomic mass is 10.0. The maximum atomic E-state index is 14.4. The fourth-order valence-electron chi connectivity index (χ4n) is 4.91. The van der Waals surface area contributed by atoms with Crippen molar-refractivity contribution in [3.63, 3.8) is 0 Å². The summed E-state index contributed by atoms with van der Waals surface area (Å²) in [4.78, 5) is 29.3. The van der Waals surface area contributed by atoms with E-state index >= 15 is 0 Å². The van der Waals surface area contributed by atoms with E-state index in [4.69, 9.17) is 16.3 Å². The van der Waals surface area contributed by atoms with E-state index in [0.717, 1.165) is 15.4 Å². The van der Waals surface area contributed by atoms with E-state index in [9.17, 15) is 18.0 Å². The van der Waals surface area contributed by atoms with Crippen LogP contribution < -0.4 is 14.4 Å². The number of rotatable bonds is 12. The number of nitrogens with zero attached hydrogens (tertiary/aromatic N) is 2. The maximum absolute atomic E-state index is 14.4. The summed E-state index contributed by atoms with van der Waals surface area (Å²) >= 11 is 6.43. The first-order valence-corrected chi connectivity index (χ1v) is 15.9. The molecule has 8 nitrogen and oxygen atoms in total. The summed E-state index contributed by atoms with van der Waals surface area (Å²) in [5.41, 5.74) is 3.23. The van der Waals surface area contributed by atoms with Crippen molar-refractivity contribution in [3.8, 4) is 5.75 Å². The second kappa shape index (κ2) is 14.4. The molecule has 1 atom stereocenters. The van der Waals surface area contributed by atoms with Crippen LogP contribution in [-0.4, -0.2) is 51.9 Å². The number of benzene rings is 4. The first-order chi connectivity index (χ1) is 21.0. The number of methoxy groups -OCH3 is 1. The number of amides is 2. The summed E-state index contributed by atoms with van der Waals surface area (Å²) in [7, 11) is -1.17. The minimum atomic E-state index is -4.23. The van der Waals surface area contributed by atoms with Crippen molar-refractivity contribution >= 4 is 39.1 Å². The van der Waals surface area contributed by atoms with E-state index in [-0.39, 0.29) is 29.5 Å². The van der Waals surface area contributed by atoms with E-state index in [1.54, 1.807) is 62.6 Å². The number of likely N-dealkylation sites (N-methyl/N-ethyl adjacent to an activating group) is 1. The third-order valence-electron chi connectivity index (χ3n) is 7.40. The van der Waals surface area contributed by atoms with E-state index in [2.05, 4.69) is 5.32 Å². The van der Waals surface area contributed by atoms with Gasteiger partial charge in [-0.15, -0.1) is 0 Å². The van der Waals surface area contributed by atoms with Gasteiger partial charge >= 0.3 is 0 Å². The molecule has 0 bridgehead atoms. The van der Waals surface area contributed by atoms with Crippen LogP contribution in [0, 0.1) is 13.8 Å². The number of hydrogen-bond donors (Lipinski definition) is 1. The van der Waals surface area contributed by atoms with E-state index in [1.165, 1.54) is 24.1 Å². The molecule has 0 saturated carbocycles. The van der Waals surface area contributed by atoms with Crippen molar-refractivity contribution in [2.24, 2.45) is 0 Å². The molecule has 0 aromatic heterocycles. The lowest BCUT2D eigenvalue weighted by Crippen LogP contribution is -2.53. The minimum Gasteiger partial charge on any atom is -0.497 e. The second-order valence-electron chi connectivity index (χ2n) is 10.4. The molecule has 4 rings (SSSR count). The Morgan fingerprint density at radius 2 is 1.55 bits per heavy atom. The number of sulfonamides is 1. The molecular formula is C34H36ClN3O5S. The average molecular weight is 634 g/mol. The summed E-state index contributed by atoms with van der Waals surface area (Å²) in [5, 5.41) is 3.05. The highest BCUT2D eigenvalue weighted by Crippen LogP contribution is 2.31. The van der Waals surface area contributed by atoms with Crippen LogP contribution in [0.5, 0.6) is 5.75 Å². The first kappa shape index (κ1) is 32.6. The number of halogens is 1. The van der Waals surface area contributed by atoms with Crippen LogP contribution in [0.15, 0.2) is 102 Å². The van der Waals surface area contributed by atoms with Crippen molar-refractivity contribution < 1.29 is 22.7 Å². The number of carbonyl (C=O) groups is 2. The Morgan fingerprint density at radius 3 is 2.20 bits per heavy atom. The van der Waals surface area contributed by atoms with Crippen molar-refractivity contribution in [2.45, 2.75) is 37.8 Å². The Kier molecular flexibility index (Phi) is 10.7. The van der Waals surface area contributed by atoms with Gasteiger partial charge in [-0.1, -0.05) is 77.8 Å². The smallest absolute Gasteiger partial charge is 0.264 e. The van der Waals surface area contributed by atoms with Gasteiger partial charge in [0.1, 0.15) is 18.3 Å². The summed E-state index contributed by atoms with van der Waals surface area (Å²) in [6.45, 7) is 3.04. The molecule has 44 heavy (non-hydrogen) atoms. The highest BCUT2D eigenvalue weighted by atomic mass is 35.5. The molecule has 4 aromatic rings. The number of ether oxygens (including phenoxy) is 1. The molecule has 0 aliphatic rings. The van der Waals surface area contributed by atoms with Crippen LogP contribution in [0.1, 0.15) is 22.3 Å². The summed E-state index contributed by atoms with van der Waals surface area (Å²) in [6, 6.07) is 27.0. The highest BCUT2D eigenvalue weighted by molar-refractivity contribution is 7.92. The Morgan fingerprint density at radius 1 is 0.886 bits per heavy atom. The number of hydrogen-bond acceptors (Lipinski definition) is 5. The molecule has 0 spiro atoms. The number of carbonyl (C=O) groups excluding carboxylic acids is 2. The van der Waals surface area contributed by atoms with Gasteiger partial charge in [-0.25, -0.2) is 8.42 Å². The van der Waals surface area contributed by atoms with Gasteiger partial charge in [0.15, 0.2) is 0 Å². The van der Waals surface area contributed by atoms with Gasteiger partial charge in [0.2, 0.25) is 11.8 Å². The summed E-state index contributed by atoms with van der Waals surface area (Å²) in [6.07, 6.45) is 0.219. The number of anilines is 1. The number of nitrogens with one attached hydrogen (secondary N) is 1. The molecule has 0 saturated heterocycles. The van der Waals surface area contributed by atoms with Gasteiger partial charge in [0.25, 0.3) is 10.0 Å². The van der Waals surface area contributed by atoms with Crippen molar-refractivity contribution in [2.75, 3.05) is 25.0 Å². The molecule has 4 aromatic carbocycles. The van der Waals surface area contributed by atoms with Crippen molar-refractivity contribution in [3.05, 3.63) is 124 Å².